The minimum atomic E-state index is -0.470. The van der Waals surface area contributed by atoms with Crippen LogP contribution in [-0.2, 0) is 0 Å². The highest BCUT2D eigenvalue weighted by molar-refractivity contribution is 6.34. The Morgan fingerprint density at radius 1 is 1.37 bits per heavy atom. The Hall–Kier alpha value is -1.06. The van der Waals surface area contributed by atoms with Gasteiger partial charge in [-0.25, -0.2) is 0 Å². The molecular weight excluding hydrogens is 262 g/mol. The number of carbonyl (C=O) groups is 1. The molecule has 19 heavy (non-hydrogen) atoms. The summed E-state index contributed by atoms with van der Waals surface area (Å²) < 4.78 is 0. The van der Waals surface area contributed by atoms with Crippen LogP contribution in [0.15, 0.2) is 18.2 Å². The fourth-order valence-electron chi connectivity index (χ4n) is 2.68. The number of hydrogen-bond acceptors (Lipinski definition) is 2. The molecule has 0 radical (unpaired) electrons. The number of aliphatic hydroxyl groups excluding tert-OH is 1. The van der Waals surface area contributed by atoms with Gasteiger partial charge in [-0.2, -0.15) is 0 Å². The summed E-state index contributed by atoms with van der Waals surface area (Å²) in [5, 5.41) is 13.1. The molecule has 1 saturated carbocycles. The zero-order valence-electron chi connectivity index (χ0n) is 11.2. The van der Waals surface area contributed by atoms with Gasteiger partial charge in [-0.3, -0.25) is 4.79 Å². The second-order valence-electron chi connectivity index (χ2n) is 5.39. The van der Waals surface area contributed by atoms with E-state index in [4.69, 9.17) is 11.6 Å². The number of aliphatic hydroxyl groups is 1. The van der Waals surface area contributed by atoms with Crippen molar-refractivity contribution in [3.63, 3.8) is 0 Å². The minimum Gasteiger partial charge on any atom is -0.394 e. The second kappa shape index (κ2) is 5.93. The van der Waals surface area contributed by atoms with E-state index in [1.165, 1.54) is 6.42 Å². The molecule has 1 aliphatic rings. The molecule has 1 aromatic carbocycles. The molecule has 1 amide bonds. The molecule has 4 heteroatoms. The first-order chi connectivity index (χ1) is 9.08. The zero-order chi connectivity index (χ0) is 13.9. The standard InChI is InChI=1S/C15H20ClNO2/c1-11-6-5-7-12(13(11)16)14(19)17-15(10-18)8-3-2-4-9-15/h5-7,18H,2-4,8-10H2,1H3,(H,17,19). The second-order valence-corrected chi connectivity index (χ2v) is 5.77. The molecule has 1 aromatic rings. The van der Waals surface area contributed by atoms with Gasteiger partial charge in [-0.15, -0.1) is 0 Å². The molecule has 0 saturated heterocycles. The minimum absolute atomic E-state index is 0.0117. The van der Waals surface area contributed by atoms with Crippen LogP contribution in [0.2, 0.25) is 5.02 Å². The summed E-state index contributed by atoms with van der Waals surface area (Å²) in [6, 6.07) is 5.42. The summed E-state index contributed by atoms with van der Waals surface area (Å²) >= 11 is 6.17. The van der Waals surface area contributed by atoms with Crippen molar-refractivity contribution in [1.82, 2.24) is 5.32 Å². The van der Waals surface area contributed by atoms with Gasteiger partial charge < -0.3 is 10.4 Å². The Kier molecular flexibility index (Phi) is 4.48. The molecule has 0 aliphatic heterocycles. The molecule has 104 valence electrons. The average Bonchev–Trinajstić information content (AvgIpc) is 2.42. The summed E-state index contributed by atoms with van der Waals surface area (Å²) in [6.07, 6.45) is 4.92. The van der Waals surface area contributed by atoms with Crippen molar-refractivity contribution >= 4 is 17.5 Å². The first-order valence-electron chi connectivity index (χ1n) is 6.76. The molecule has 0 spiro atoms. The van der Waals surface area contributed by atoms with Crippen LogP contribution in [0.4, 0.5) is 0 Å². The van der Waals surface area contributed by atoms with Gasteiger partial charge in [0.15, 0.2) is 0 Å². The number of carbonyl (C=O) groups excluding carboxylic acids is 1. The summed E-state index contributed by atoms with van der Waals surface area (Å²) in [7, 11) is 0. The number of hydrogen-bond donors (Lipinski definition) is 2. The zero-order valence-corrected chi connectivity index (χ0v) is 12.0. The molecule has 0 atom stereocenters. The van der Waals surface area contributed by atoms with E-state index in [1.807, 2.05) is 19.1 Å². The third-order valence-corrected chi connectivity index (χ3v) is 4.43. The first kappa shape index (κ1) is 14.4. The lowest BCUT2D eigenvalue weighted by Crippen LogP contribution is -2.52. The van der Waals surface area contributed by atoms with Crippen LogP contribution in [-0.4, -0.2) is 23.2 Å². The number of benzene rings is 1. The van der Waals surface area contributed by atoms with E-state index in [-0.39, 0.29) is 12.5 Å². The van der Waals surface area contributed by atoms with Crippen LogP contribution in [0.25, 0.3) is 0 Å². The van der Waals surface area contributed by atoms with Crippen molar-refractivity contribution in [3.8, 4) is 0 Å². The smallest absolute Gasteiger partial charge is 0.253 e. The number of rotatable bonds is 3. The highest BCUT2D eigenvalue weighted by Crippen LogP contribution is 2.29. The van der Waals surface area contributed by atoms with Gasteiger partial charge >= 0.3 is 0 Å². The lowest BCUT2D eigenvalue weighted by atomic mass is 9.82. The lowest BCUT2D eigenvalue weighted by Gasteiger charge is -2.36. The van der Waals surface area contributed by atoms with Crippen LogP contribution in [0.3, 0.4) is 0 Å². The van der Waals surface area contributed by atoms with Crippen LogP contribution in [0, 0.1) is 6.92 Å². The van der Waals surface area contributed by atoms with Crippen LogP contribution in [0.5, 0.6) is 0 Å². The number of amides is 1. The van der Waals surface area contributed by atoms with Gasteiger partial charge in [0.25, 0.3) is 5.91 Å². The average molecular weight is 282 g/mol. The number of nitrogens with one attached hydrogen (secondary N) is 1. The van der Waals surface area contributed by atoms with Crippen molar-refractivity contribution in [2.45, 2.75) is 44.6 Å². The summed E-state index contributed by atoms with van der Waals surface area (Å²) in [6.45, 7) is 1.86. The number of aryl methyl sites for hydroxylation is 1. The van der Waals surface area contributed by atoms with Crippen molar-refractivity contribution in [3.05, 3.63) is 34.3 Å². The van der Waals surface area contributed by atoms with Crippen LogP contribution < -0.4 is 5.32 Å². The van der Waals surface area contributed by atoms with Crippen LogP contribution in [0.1, 0.15) is 48.0 Å². The highest BCUT2D eigenvalue weighted by Gasteiger charge is 2.33. The number of halogens is 1. The van der Waals surface area contributed by atoms with E-state index in [0.717, 1.165) is 31.2 Å². The predicted octanol–water partition coefficient (Wildman–Crippen LogP) is 3.07. The Morgan fingerprint density at radius 3 is 2.68 bits per heavy atom. The summed E-state index contributed by atoms with van der Waals surface area (Å²) in [4.78, 5) is 12.3. The maximum atomic E-state index is 12.3. The molecule has 3 nitrogen and oxygen atoms in total. The third kappa shape index (κ3) is 3.10. The maximum Gasteiger partial charge on any atom is 0.253 e. The van der Waals surface area contributed by atoms with Crippen molar-refractivity contribution in [2.75, 3.05) is 6.61 Å². The molecular formula is C15H20ClNO2. The predicted molar refractivity (Wildman–Crippen MR) is 76.6 cm³/mol. The maximum absolute atomic E-state index is 12.3. The van der Waals surface area contributed by atoms with Gasteiger partial charge in [0.2, 0.25) is 0 Å². The lowest BCUT2D eigenvalue weighted by molar-refractivity contribution is 0.0758. The highest BCUT2D eigenvalue weighted by atomic mass is 35.5. The molecule has 2 rings (SSSR count). The van der Waals surface area contributed by atoms with Crippen LogP contribution >= 0.6 is 11.6 Å². The molecule has 0 unspecified atom stereocenters. The SMILES string of the molecule is Cc1cccc(C(=O)NC2(CO)CCCCC2)c1Cl. The molecule has 0 heterocycles. The molecule has 1 aliphatic carbocycles. The van der Waals surface area contributed by atoms with E-state index in [1.54, 1.807) is 6.07 Å². The topological polar surface area (TPSA) is 49.3 Å². The van der Waals surface area contributed by atoms with Gasteiger partial charge in [0.1, 0.15) is 0 Å². The van der Waals surface area contributed by atoms with E-state index in [2.05, 4.69) is 5.32 Å². The Morgan fingerprint density at radius 2 is 2.05 bits per heavy atom. The van der Waals surface area contributed by atoms with Gasteiger partial charge in [-0.1, -0.05) is 43.0 Å². The largest absolute Gasteiger partial charge is 0.394 e. The van der Waals surface area contributed by atoms with Gasteiger partial charge in [0, 0.05) is 0 Å². The first-order valence-corrected chi connectivity index (χ1v) is 7.14. The van der Waals surface area contributed by atoms with Gasteiger partial charge in [0.05, 0.1) is 22.7 Å². The quantitative estimate of drug-likeness (QED) is 0.894. The molecule has 0 aromatic heterocycles. The Balaban J connectivity index is 2.17. The van der Waals surface area contributed by atoms with E-state index < -0.39 is 5.54 Å². The molecule has 0 bridgehead atoms. The van der Waals surface area contributed by atoms with E-state index >= 15 is 0 Å². The summed E-state index contributed by atoms with van der Waals surface area (Å²) in [5.41, 5.74) is 0.902. The Labute approximate surface area is 119 Å². The third-order valence-electron chi connectivity index (χ3n) is 3.93. The fourth-order valence-corrected chi connectivity index (χ4v) is 2.89. The fraction of sp³-hybridized carbons (Fsp3) is 0.533. The van der Waals surface area contributed by atoms with Crippen molar-refractivity contribution in [1.29, 1.82) is 0 Å². The monoisotopic (exact) mass is 281 g/mol. The Bertz CT molecular complexity index is 467. The van der Waals surface area contributed by atoms with Gasteiger partial charge in [-0.05, 0) is 31.4 Å². The molecule has 1 fully saturated rings. The normalized spacial score (nSPS) is 18.1. The molecule has 2 N–H and O–H groups in total. The van der Waals surface area contributed by atoms with E-state index in [0.29, 0.717) is 10.6 Å². The van der Waals surface area contributed by atoms with E-state index in [9.17, 15) is 9.90 Å². The van der Waals surface area contributed by atoms with Crippen molar-refractivity contribution < 1.29 is 9.90 Å². The van der Waals surface area contributed by atoms with Crippen molar-refractivity contribution in [2.24, 2.45) is 0 Å². The summed E-state index contributed by atoms with van der Waals surface area (Å²) in [5.74, 6) is -0.190.